The van der Waals surface area contributed by atoms with Gasteiger partial charge in [-0.2, -0.15) is 0 Å². The molecular weight excluding hydrogens is 325 g/mol. The smallest absolute Gasteiger partial charge is 0.270 e. The van der Waals surface area contributed by atoms with Crippen molar-refractivity contribution in [3.63, 3.8) is 0 Å². The largest absolute Gasteiger partial charge is 0.348 e. The number of carbonyl (C=O) groups excluding carboxylic acids is 1. The SMILES string of the molecule is NCC1CCCCC1NC(=O)c1csc(Cc2ccc(F)cc2)n1. The molecule has 2 atom stereocenters. The molecule has 128 valence electrons. The van der Waals surface area contributed by atoms with E-state index in [1.54, 1.807) is 17.5 Å². The molecule has 1 heterocycles. The maximum Gasteiger partial charge on any atom is 0.270 e. The van der Waals surface area contributed by atoms with Crippen LogP contribution < -0.4 is 11.1 Å². The molecule has 4 nitrogen and oxygen atoms in total. The minimum atomic E-state index is -0.250. The number of hydrogen-bond acceptors (Lipinski definition) is 4. The third kappa shape index (κ3) is 4.19. The summed E-state index contributed by atoms with van der Waals surface area (Å²) < 4.78 is 12.9. The summed E-state index contributed by atoms with van der Waals surface area (Å²) in [6.45, 7) is 0.609. The monoisotopic (exact) mass is 347 g/mol. The number of benzene rings is 1. The van der Waals surface area contributed by atoms with Crippen LogP contribution in [0.4, 0.5) is 4.39 Å². The number of rotatable bonds is 5. The third-order valence-electron chi connectivity index (χ3n) is 4.58. The lowest BCUT2D eigenvalue weighted by molar-refractivity contribution is 0.0903. The Morgan fingerprint density at radius 2 is 2.04 bits per heavy atom. The van der Waals surface area contributed by atoms with E-state index in [0.29, 0.717) is 24.6 Å². The summed E-state index contributed by atoms with van der Waals surface area (Å²) in [4.78, 5) is 16.9. The Bertz CT molecular complexity index is 686. The van der Waals surface area contributed by atoms with Crippen molar-refractivity contribution >= 4 is 17.2 Å². The highest BCUT2D eigenvalue weighted by atomic mass is 32.1. The quantitative estimate of drug-likeness (QED) is 0.873. The number of carbonyl (C=O) groups is 1. The fourth-order valence-electron chi connectivity index (χ4n) is 3.20. The van der Waals surface area contributed by atoms with E-state index in [2.05, 4.69) is 10.3 Å². The summed E-state index contributed by atoms with van der Waals surface area (Å²) in [5.41, 5.74) is 7.25. The molecule has 1 saturated carbocycles. The lowest BCUT2D eigenvalue weighted by Crippen LogP contribution is -2.44. The third-order valence-corrected chi connectivity index (χ3v) is 5.43. The summed E-state index contributed by atoms with van der Waals surface area (Å²) in [7, 11) is 0. The molecule has 0 spiro atoms. The molecule has 1 amide bonds. The highest BCUT2D eigenvalue weighted by Crippen LogP contribution is 2.24. The molecule has 3 rings (SSSR count). The molecule has 2 unspecified atom stereocenters. The molecule has 1 aliphatic rings. The second kappa shape index (κ2) is 7.85. The van der Waals surface area contributed by atoms with Gasteiger partial charge >= 0.3 is 0 Å². The standard InChI is InChI=1S/C18H22FN3OS/c19-14-7-5-12(6-8-14)9-17-21-16(11-24-17)18(23)22-15-4-2-1-3-13(15)10-20/h5-8,11,13,15H,1-4,9-10,20H2,(H,22,23). The van der Waals surface area contributed by atoms with Crippen molar-refractivity contribution < 1.29 is 9.18 Å². The molecule has 24 heavy (non-hydrogen) atoms. The van der Waals surface area contributed by atoms with Gasteiger partial charge in [-0.05, 0) is 43.0 Å². The van der Waals surface area contributed by atoms with Crippen LogP contribution in [0.3, 0.4) is 0 Å². The first-order valence-corrected chi connectivity index (χ1v) is 9.23. The van der Waals surface area contributed by atoms with Crippen LogP contribution in [-0.4, -0.2) is 23.5 Å². The predicted octanol–water partition coefficient (Wildman–Crippen LogP) is 3.12. The van der Waals surface area contributed by atoms with Crippen LogP contribution in [0.15, 0.2) is 29.6 Å². The van der Waals surface area contributed by atoms with E-state index >= 15 is 0 Å². The van der Waals surface area contributed by atoms with E-state index < -0.39 is 0 Å². The van der Waals surface area contributed by atoms with E-state index in [1.807, 2.05) is 0 Å². The lowest BCUT2D eigenvalue weighted by atomic mass is 9.84. The van der Waals surface area contributed by atoms with Crippen LogP contribution in [0.1, 0.15) is 46.7 Å². The van der Waals surface area contributed by atoms with Gasteiger partial charge in [-0.1, -0.05) is 25.0 Å². The summed E-state index contributed by atoms with van der Waals surface area (Å²) in [5.74, 6) is -0.0122. The van der Waals surface area contributed by atoms with Crippen molar-refractivity contribution in [1.29, 1.82) is 0 Å². The van der Waals surface area contributed by atoms with Gasteiger partial charge in [0.05, 0.1) is 5.01 Å². The van der Waals surface area contributed by atoms with Crippen molar-refractivity contribution in [3.05, 3.63) is 51.7 Å². The van der Waals surface area contributed by atoms with Gasteiger partial charge in [0.1, 0.15) is 11.5 Å². The summed E-state index contributed by atoms with van der Waals surface area (Å²) in [6.07, 6.45) is 4.99. The van der Waals surface area contributed by atoms with Crippen LogP contribution in [0, 0.1) is 11.7 Å². The fourth-order valence-corrected chi connectivity index (χ4v) is 4.00. The maximum absolute atomic E-state index is 12.9. The molecule has 1 fully saturated rings. The number of nitrogens with zero attached hydrogens (tertiary/aromatic N) is 1. The fraction of sp³-hybridized carbons (Fsp3) is 0.444. The second-order valence-corrected chi connectivity index (χ2v) is 7.23. The van der Waals surface area contributed by atoms with Gasteiger partial charge in [-0.15, -0.1) is 11.3 Å². The maximum atomic E-state index is 12.9. The summed E-state index contributed by atoms with van der Waals surface area (Å²) in [5, 5.41) is 5.74. The van der Waals surface area contributed by atoms with E-state index in [1.165, 1.54) is 29.9 Å². The number of hydrogen-bond donors (Lipinski definition) is 2. The molecule has 0 saturated heterocycles. The minimum Gasteiger partial charge on any atom is -0.348 e. The van der Waals surface area contributed by atoms with Gasteiger partial charge in [-0.25, -0.2) is 9.37 Å². The van der Waals surface area contributed by atoms with Crippen LogP contribution >= 0.6 is 11.3 Å². The van der Waals surface area contributed by atoms with E-state index in [9.17, 15) is 9.18 Å². The second-order valence-electron chi connectivity index (χ2n) is 6.29. The molecule has 1 aromatic heterocycles. The highest BCUT2D eigenvalue weighted by molar-refractivity contribution is 7.09. The first-order chi connectivity index (χ1) is 11.7. The molecule has 1 aliphatic carbocycles. The van der Waals surface area contributed by atoms with E-state index in [-0.39, 0.29) is 17.8 Å². The lowest BCUT2D eigenvalue weighted by Gasteiger charge is -2.31. The van der Waals surface area contributed by atoms with Gasteiger partial charge in [0.2, 0.25) is 0 Å². The Hall–Kier alpha value is -1.79. The van der Waals surface area contributed by atoms with Gasteiger partial charge in [0, 0.05) is 17.8 Å². The van der Waals surface area contributed by atoms with E-state index in [0.717, 1.165) is 29.8 Å². The molecule has 0 radical (unpaired) electrons. The number of halogens is 1. The van der Waals surface area contributed by atoms with Crippen LogP contribution in [0.2, 0.25) is 0 Å². The number of nitrogens with one attached hydrogen (secondary N) is 1. The van der Waals surface area contributed by atoms with Gasteiger partial charge in [0.25, 0.3) is 5.91 Å². The first-order valence-electron chi connectivity index (χ1n) is 8.35. The Morgan fingerprint density at radius 3 is 2.79 bits per heavy atom. The molecule has 0 bridgehead atoms. The van der Waals surface area contributed by atoms with Crippen LogP contribution in [0.5, 0.6) is 0 Å². The van der Waals surface area contributed by atoms with E-state index in [4.69, 9.17) is 5.73 Å². The van der Waals surface area contributed by atoms with Crippen molar-refractivity contribution in [3.8, 4) is 0 Å². The normalized spacial score (nSPS) is 20.8. The average molecular weight is 347 g/mol. The minimum absolute atomic E-state index is 0.123. The van der Waals surface area contributed by atoms with Crippen LogP contribution in [-0.2, 0) is 6.42 Å². The molecule has 1 aromatic carbocycles. The first kappa shape index (κ1) is 17.0. The zero-order valence-corrected chi connectivity index (χ0v) is 14.3. The Morgan fingerprint density at radius 1 is 1.29 bits per heavy atom. The zero-order valence-electron chi connectivity index (χ0n) is 13.5. The molecule has 0 aliphatic heterocycles. The highest BCUT2D eigenvalue weighted by Gasteiger charge is 2.26. The molecule has 6 heteroatoms. The Balaban J connectivity index is 1.61. The van der Waals surface area contributed by atoms with Gasteiger partial charge in [0.15, 0.2) is 0 Å². The topological polar surface area (TPSA) is 68.0 Å². The number of aromatic nitrogens is 1. The predicted molar refractivity (Wildman–Crippen MR) is 93.6 cm³/mol. The van der Waals surface area contributed by atoms with Crippen molar-refractivity contribution in [1.82, 2.24) is 10.3 Å². The van der Waals surface area contributed by atoms with Crippen molar-refractivity contribution in [2.45, 2.75) is 38.1 Å². The van der Waals surface area contributed by atoms with Gasteiger partial charge in [-0.3, -0.25) is 4.79 Å². The summed E-state index contributed by atoms with van der Waals surface area (Å²) in [6, 6.07) is 6.51. The molecular formula is C18H22FN3OS. The summed E-state index contributed by atoms with van der Waals surface area (Å²) >= 11 is 1.46. The Kier molecular flexibility index (Phi) is 5.58. The number of nitrogens with two attached hydrogens (primary N) is 1. The average Bonchev–Trinajstić information content (AvgIpc) is 3.06. The molecule has 2 aromatic rings. The van der Waals surface area contributed by atoms with Crippen molar-refractivity contribution in [2.75, 3.05) is 6.54 Å². The number of amides is 1. The van der Waals surface area contributed by atoms with Crippen LogP contribution in [0.25, 0.3) is 0 Å². The van der Waals surface area contributed by atoms with Gasteiger partial charge < -0.3 is 11.1 Å². The molecule has 3 N–H and O–H groups in total. The van der Waals surface area contributed by atoms with Crippen molar-refractivity contribution in [2.24, 2.45) is 11.7 Å². The number of thiazole rings is 1. The zero-order chi connectivity index (χ0) is 16.9. The Labute approximate surface area is 145 Å².